The lowest BCUT2D eigenvalue weighted by Crippen LogP contribution is -2.23. The van der Waals surface area contributed by atoms with E-state index in [1.165, 1.54) is 4.68 Å². The number of benzene rings is 3. The molecule has 1 heterocycles. The Morgan fingerprint density at radius 2 is 1.73 bits per heavy atom. The molecule has 1 atom stereocenters. The van der Waals surface area contributed by atoms with E-state index in [-0.39, 0.29) is 11.5 Å². The molecular formula is C28H26Br3N3O3. The third kappa shape index (κ3) is 6.51. The fraction of sp³-hybridized carbons (Fsp3) is 0.250. The molecule has 0 fully saturated rings. The maximum Gasteiger partial charge on any atom is 0.282 e. The van der Waals surface area contributed by atoms with Gasteiger partial charge in [-0.3, -0.25) is 4.79 Å². The Morgan fingerprint density at radius 3 is 2.43 bits per heavy atom. The average Bonchev–Trinajstić information content (AvgIpc) is 2.88. The van der Waals surface area contributed by atoms with Crippen LogP contribution in [0.4, 0.5) is 0 Å². The van der Waals surface area contributed by atoms with E-state index in [4.69, 9.17) is 14.5 Å². The van der Waals surface area contributed by atoms with Gasteiger partial charge in [0.25, 0.3) is 5.56 Å². The van der Waals surface area contributed by atoms with Gasteiger partial charge in [0.2, 0.25) is 0 Å². The lowest BCUT2D eigenvalue weighted by molar-refractivity contribution is 0.267. The standard InChI is InChI=1S/C28H26Br3N3O3/c1-4-17(3)27-33-24-11-10-21(30)14-22(24)28(35)34(27)32-15-19-12-23(31)26(25(13-19)36-5-2)37-16-18-6-8-20(29)9-7-18/h6-15,17H,4-5,16H2,1-3H3/t17-/m0/s1. The Morgan fingerprint density at radius 1 is 1.00 bits per heavy atom. The van der Waals surface area contributed by atoms with E-state index in [9.17, 15) is 4.79 Å². The highest BCUT2D eigenvalue weighted by molar-refractivity contribution is 9.11. The lowest BCUT2D eigenvalue weighted by atomic mass is 10.1. The van der Waals surface area contributed by atoms with Gasteiger partial charge in [-0.25, -0.2) is 4.98 Å². The van der Waals surface area contributed by atoms with E-state index in [1.807, 2.05) is 62.4 Å². The van der Waals surface area contributed by atoms with Gasteiger partial charge in [-0.2, -0.15) is 9.78 Å². The van der Waals surface area contributed by atoms with Crippen LogP contribution in [-0.2, 0) is 6.61 Å². The van der Waals surface area contributed by atoms with E-state index < -0.39 is 0 Å². The van der Waals surface area contributed by atoms with Crippen molar-refractivity contribution in [3.05, 3.63) is 95.3 Å². The summed E-state index contributed by atoms with van der Waals surface area (Å²) in [6, 6.07) is 17.2. The van der Waals surface area contributed by atoms with Gasteiger partial charge >= 0.3 is 0 Å². The molecule has 0 amide bonds. The summed E-state index contributed by atoms with van der Waals surface area (Å²) in [5.41, 5.74) is 2.23. The molecule has 3 aromatic carbocycles. The van der Waals surface area contributed by atoms with Crippen LogP contribution >= 0.6 is 47.8 Å². The average molecular weight is 692 g/mol. The largest absolute Gasteiger partial charge is 0.490 e. The molecule has 0 saturated carbocycles. The first kappa shape index (κ1) is 27.5. The first-order valence-electron chi connectivity index (χ1n) is 11.9. The number of fused-ring (bicyclic) bond motifs is 1. The Labute approximate surface area is 241 Å². The van der Waals surface area contributed by atoms with Gasteiger partial charge in [0.05, 0.1) is 28.2 Å². The number of aromatic nitrogens is 2. The molecule has 4 aromatic rings. The zero-order valence-electron chi connectivity index (χ0n) is 20.7. The van der Waals surface area contributed by atoms with Crippen LogP contribution in [0, 0.1) is 0 Å². The number of rotatable bonds is 9. The molecule has 1 aromatic heterocycles. The van der Waals surface area contributed by atoms with Crippen LogP contribution in [0.25, 0.3) is 10.9 Å². The van der Waals surface area contributed by atoms with Crippen LogP contribution in [0.3, 0.4) is 0 Å². The fourth-order valence-corrected chi connectivity index (χ4v) is 4.90. The third-order valence-electron chi connectivity index (χ3n) is 5.84. The van der Waals surface area contributed by atoms with Crippen molar-refractivity contribution in [2.75, 3.05) is 6.61 Å². The predicted octanol–water partition coefficient (Wildman–Crippen LogP) is 8.06. The first-order chi connectivity index (χ1) is 17.8. The van der Waals surface area contributed by atoms with Gasteiger partial charge in [0.1, 0.15) is 12.4 Å². The Balaban J connectivity index is 1.71. The summed E-state index contributed by atoms with van der Waals surface area (Å²) in [6.45, 7) is 6.90. The molecule has 0 saturated heterocycles. The van der Waals surface area contributed by atoms with E-state index in [0.717, 1.165) is 31.0 Å². The monoisotopic (exact) mass is 689 g/mol. The minimum atomic E-state index is -0.212. The molecule has 37 heavy (non-hydrogen) atoms. The van der Waals surface area contributed by atoms with Crippen molar-refractivity contribution in [1.29, 1.82) is 0 Å². The molecular weight excluding hydrogens is 666 g/mol. The molecule has 9 heteroatoms. The second-order valence-electron chi connectivity index (χ2n) is 8.48. The first-order valence-corrected chi connectivity index (χ1v) is 14.3. The molecule has 0 bridgehead atoms. The zero-order valence-corrected chi connectivity index (χ0v) is 25.4. The van der Waals surface area contributed by atoms with Crippen molar-refractivity contribution in [2.45, 2.75) is 39.7 Å². The van der Waals surface area contributed by atoms with Gasteiger partial charge in [-0.15, -0.1) is 0 Å². The summed E-state index contributed by atoms with van der Waals surface area (Å²) in [6.07, 6.45) is 2.47. The third-order valence-corrected chi connectivity index (χ3v) is 7.45. The van der Waals surface area contributed by atoms with Crippen molar-refractivity contribution in [3.8, 4) is 11.5 Å². The van der Waals surface area contributed by atoms with Gasteiger partial charge in [0.15, 0.2) is 11.5 Å². The number of hydrogen-bond donors (Lipinski definition) is 0. The second-order valence-corrected chi connectivity index (χ2v) is 11.2. The zero-order chi connectivity index (χ0) is 26.5. The van der Waals surface area contributed by atoms with E-state index in [2.05, 4.69) is 59.8 Å². The summed E-state index contributed by atoms with van der Waals surface area (Å²) in [7, 11) is 0. The molecule has 4 rings (SSSR count). The molecule has 192 valence electrons. The summed E-state index contributed by atoms with van der Waals surface area (Å²) in [5, 5.41) is 5.08. The van der Waals surface area contributed by atoms with Crippen LogP contribution in [0.5, 0.6) is 11.5 Å². The molecule has 0 aliphatic rings. The Hall–Kier alpha value is -2.49. The number of hydrogen-bond acceptors (Lipinski definition) is 5. The lowest BCUT2D eigenvalue weighted by Gasteiger charge is -2.15. The molecule has 0 spiro atoms. The maximum atomic E-state index is 13.4. The van der Waals surface area contributed by atoms with Gasteiger partial charge in [0, 0.05) is 14.9 Å². The molecule has 0 unspecified atom stereocenters. The quantitative estimate of drug-likeness (QED) is 0.167. The van der Waals surface area contributed by atoms with Crippen molar-refractivity contribution in [1.82, 2.24) is 9.66 Å². The highest BCUT2D eigenvalue weighted by Gasteiger charge is 2.16. The van der Waals surface area contributed by atoms with Gasteiger partial charge in [-0.05, 0) is 82.9 Å². The number of halogens is 3. The molecule has 0 aliphatic carbocycles. The van der Waals surface area contributed by atoms with Crippen molar-refractivity contribution < 1.29 is 9.47 Å². The van der Waals surface area contributed by atoms with E-state index in [0.29, 0.717) is 41.4 Å². The Kier molecular flexibility index (Phi) is 9.21. The van der Waals surface area contributed by atoms with Crippen LogP contribution in [0.1, 0.15) is 50.1 Å². The maximum absolute atomic E-state index is 13.4. The summed E-state index contributed by atoms with van der Waals surface area (Å²) in [4.78, 5) is 18.2. The minimum absolute atomic E-state index is 0.0537. The Bertz CT molecular complexity index is 1500. The summed E-state index contributed by atoms with van der Waals surface area (Å²) >= 11 is 10.5. The second kappa shape index (κ2) is 12.4. The van der Waals surface area contributed by atoms with Crippen LogP contribution in [-0.4, -0.2) is 22.5 Å². The predicted molar refractivity (Wildman–Crippen MR) is 159 cm³/mol. The van der Waals surface area contributed by atoms with E-state index in [1.54, 1.807) is 12.3 Å². The fourth-order valence-electron chi connectivity index (χ4n) is 3.71. The summed E-state index contributed by atoms with van der Waals surface area (Å²) < 4.78 is 15.9. The van der Waals surface area contributed by atoms with Crippen LogP contribution < -0.4 is 15.0 Å². The summed E-state index contributed by atoms with van der Waals surface area (Å²) in [5.74, 6) is 1.87. The van der Waals surface area contributed by atoms with E-state index >= 15 is 0 Å². The van der Waals surface area contributed by atoms with Crippen LogP contribution in [0.2, 0.25) is 0 Å². The van der Waals surface area contributed by atoms with Gasteiger partial charge < -0.3 is 9.47 Å². The number of nitrogens with zero attached hydrogens (tertiary/aromatic N) is 3. The normalized spacial score (nSPS) is 12.3. The highest BCUT2D eigenvalue weighted by Crippen LogP contribution is 2.37. The van der Waals surface area contributed by atoms with Gasteiger partial charge in [-0.1, -0.05) is 57.8 Å². The topological polar surface area (TPSA) is 65.7 Å². The van der Waals surface area contributed by atoms with Crippen molar-refractivity contribution >= 4 is 64.9 Å². The SMILES string of the molecule is CCOc1cc(C=Nn2c([C@@H](C)CC)nc3ccc(Br)cc3c2=O)cc(Br)c1OCc1ccc(Br)cc1. The van der Waals surface area contributed by atoms with Crippen molar-refractivity contribution in [3.63, 3.8) is 0 Å². The number of ether oxygens (including phenoxy) is 2. The van der Waals surface area contributed by atoms with Crippen LogP contribution in [0.15, 0.2) is 77.9 Å². The smallest absolute Gasteiger partial charge is 0.282 e. The molecule has 0 aliphatic heterocycles. The molecule has 6 nitrogen and oxygen atoms in total. The molecule has 0 N–H and O–H groups in total. The highest BCUT2D eigenvalue weighted by atomic mass is 79.9. The van der Waals surface area contributed by atoms with Crippen molar-refractivity contribution in [2.24, 2.45) is 5.10 Å². The minimum Gasteiger partial charge on any atom is -0.490 e. The molecule has 0 radical (unpaired) electrons.